The Morgan fingerprint density at radius 1 is 0.481 bits per heavy atom. The van der Waals surface area contributed by atoms with Crippen LogP contribution in [-0.2, 0) is 24.7 Å². The summed E-state index contributed by atoms with van der Waals surface area (Å²) < 4.78 is 171. The van der Waals surface area contributed by atoms with E-state index in [2.05, 4.69) is 0 Å². The predicted molar refractivity (Wildman–Crippen MR) is 191 cm³/mol. The Hall–Kier alpha value is -3.14. The molecule has 1 aliphatic carbocycles. The molecule has 0 heterocycles. The first kappa shape index (κ1) is 42.0. The van der Waals surface area contributed by atoms with E-state index in [4.69, 9.17) is 5.73 Å². The summed E-state index contributed by atoms with van der Waals surface area (Å²) in [7, 11) is -4.29. The summed E-state index contributed by atoms with van der Waals surface area (Å²) in [6, 6.07) is 13.2. The Labute approximate surface area is 307 Å². The number of halogens is 12. The van der Waals surface area contributed by atoms with Crippen LogP contribution in [0.25, 0.3) is 0 Å². The van der Waals surface area contributed by atoms with Gasteiger partial charge in [-0.25, -0.2) is 0 Å². The van der Waals surface area contributed by atoms with Crippen molar-refractivity contribution >= 4 is 37.1 Å². The molecular weight excluding hydrogens is 772 g/mol. The molecule has 0 aromatic heterocycles. The molecule has 0 spiro atoms. The van der Waals surface area contributed by atoms with Gasteiger partial charge in [-0.1, -0.05) is 65.6 Å². The highest BCUT2D eigenvalue weighted by Crippen LogP contribution is 2.58. The molecule has 2 N–H and O–H groups in total. The first-order valence-electron chi connectivity index (χ1n) is 16.8. The Kier molecular flexibility index (Phi) is 11.7. The van der Waals surface area contributed by atoms with E-state index in [1.54, 1.807) is 6.92 Å². The molecule has 0 bridgehead atoms. The van der Waals surface area contributed by atoms with Crippen LogP contribution in [0.1, 0.15) is 64.3 Å². The van der Waals surface area contributed by atoms with E-state index in [1.165, 1.54) is 0 Å². The highest BCUT2D eigenvalue weighted by atomic mass is 31.1. The molecule has 0 saturated heterocycles. The summed E-state index contributed by atoms with van der Waals surface area (Å²) in [5.74, 6) is -1.85. The molecule has 5 rings (SSSR count). The zero-order valence-electron chi connectivity index (χ0n) is 29.7. The van der Waals surface area contributed by atoms with Crippen molar-refractivity contribution in [1.29, 1.82) is 0 Å². The predicted octanol–water partition coefficient (Wildman–Crippen LogP) is 11.3. The van der Waals surface area contributed by atoms with Gasteiger partial charge in [-0.15, -0.1) is 0 Å². The summed E-state index contributed by atoms with van der Waals surface area (Å²) in [6.45, 7) is 9.32. The maximum absolute atomic E-state index is 14.2. The molecule has 1 saturated carbocycles. The largest absolute Gasteiger partial charge is 0.416 e. The normalized spacial score (nSPS) is 19.2. The Balaban J connectivity index is 1.82. The van der Waals surface area contributed by atoms with E-state index in [1.807, 2.05) is 64.1 Å². The quantitative estimate of drug-likeness (QED) is 0.146. The van der Waals surface area contributed by atoms with Crippen LogP contribution in [0.5, 0.6) is 0 Å². The average Bonchev–Trinajstić information content (AvgIpc) is 3.39. The average molecular weight is 810 g/mol. The molecule has 0 radical (unpaired) electrons. The first-order chi connectivity index (χ1) is 24.7. The number of rotatable bonds is 7. The van der Waals surface area contributed by atoms with Crippen molar-refractivity contribution in [2.75, 3.05) is 0 Å². The molecule has 1 aliphatic rings. The van der Waals surface area contributed by atoms with Crippen molar-refractivity contribution in [1.82, 2.24) is 0 Å². The van der Waals surface area contributed by atoms with Crippen molar-refractivity contribution in [2.45, 2.75) is 83.6 Å². The minimum Gasteiger partial charge on any atom is -0.323 e. The monoisotopic (exact) mass is 809 g/mol. The fraction of sp³-hybridized carbons (Fsp3) is 0.385. The lowest BCUT2D eigenvalue weighted by Gasteiger charge is -2.38. The van der Waals surface area contributed by atoms with Crippen LogP contribution in [0.15, 0.2) is 72.8 Å². The minimum absolute atomic E-state index is 0.0854. The van der Waals surface area contributed by atoms with Gasteiger partial charge in [0.15, 0.2) is 0 Å². The molecule has 4 atom stereocenters. The van der Waals surface area contributed by atoms with E-state index >= 15 is 0 Å². The van der Waals surface area contributed by atoms with Gasteiger partial charge < -0.3 is 5.73 Å². The zero-order chi connectivity index (χ0) is 40.3. The van der Waals surface area contributed by atoms with Crippen LogP contribution < -0.4 is 27.0 Å². The standard InChI is InChI=1S/C39H37F12NP2/c1-20-6-21(2)9-29(8-20)54(30-10-22(3)7-23(4)11-30)35(52)33-12-24(5)13-34(33)53(31-16-25(36(40,41)42)14-26(17-31)37(43,44)45)32-18-27(38(46,47)48)15-28(19-32)39(49,50)51/h6-11,14-19,24,33-35H,12-13,52H2,1-5H3/t24?,33?,34?,35-/m0/s1. The molecule has 1 fully saturated rings. The third kappa shape index (κ3) is 9.44. The number of benzene rings is 4. The molecular formula is C39H37F12NP2. The molecule has 292 valence electrons. The Morgan fingerprint density at radius 3 is 1.09 bits per heavy atom. The van der Waals surface area contributed by atoms with E-state index in [0.717, 1.165) is 32.9 Å². The third-order valence-corrected chi connectivity index (χ3v) is 15.0. The molecule has 4 aromatic carbocycles. The SMILES string of the molecule is Cc1cc(C)cc(P(c2cc(C)cc(C)c2)[C@H](N)C2CC(C)CC2P(c2cc(C(F)(F)F)cc(C(F)(F)F)c2)c2cc(C(F)(F)F)cc(C(F)(F)F)c2)c1. The number of nitrogens with two attached hydrogens (primary N) is 1. The van der Waals surface area contributed by atoms with Crippen LogP contribution in [0.2, 0.25) is 0 Å². The fourth-order valence-electron chi connectivity index (χ4n) is 7.52. The zero-order valence-corrected chi connectivity index (χ0v) is 31.4. The van der Waals surface area contributed by atoms with E-state index in [9.17, 15) is 52.7 Å². The summed E-state index contributed by atoms with van der Waals surface area (Å²) >= 11 is 0. The van der Waals surface area contributed by atoms with Crippen LogP contribution in [0, 0.1) is 39.5 Å². The second-order valence-electron chi connectivity index (χ2n) is 14.3. The first-order valence-corrected chi connectivity index (χ1v) is 19.6. The van der Waals surface area contributed by atoms with Gasteiger partial charge in [-0.05, 0) is 131 Å². The summed E-state index contributed by atoms with van der Waals surface area (Å²) in [5.41, 5.74) is 2.98. The second-order valence-corrected chi connectivity index (χ2v) is 19.1. The van der Waals surface area contributed by atoms with E-state index in [-0.39, 0.29) is 30.9 Å². The van der Waals surface area contributed by atoms with Crippen LogP contribution in [0.3, 0.4) is 0 Å². The van der Waals surface area contributed by atoms with Crippen molar-refractivity contribution < 1.29 is 52.7 Å². The summed E-state index contributed by atoms with van der Waals surface area (Å²) in [4.78, 5) is 0. The van der Waals surface area contributed by atoms with Crippen LogP contribution in [-0.4, -0.2) is 11.4 Å². The van der Waals surface area contributed by atoms with Crippen molar-refractivity contribution in [3.63, 3.8) is 0 Å². The minimum atomic E-state index is -5.32. The van der Waals surface area contributed by atoms with Crippen molar-refractivity contribution in [2.24, 2.45) is 17.6 Å². The Bertz CT molecular complexity index is 1770. The van der Waals surface area contributed by atoms with Gasteiger partial charge in [0.1, 0.15) is 0 Å². The van der Waals surface area contributed by atoms with E-state index < -0.39 is 90.8 Å². The third-order valence-electron chi connectivity index (χ3n) is 9.55. The topological polar surface area (TPSA) is 26.0 Å². The Morgan fingerprint density at radius 2 is 0.796 bits per heavy atom. The maximum Gasteiger partial charge on any atom is 0.416 e. The summed E-state index contributed by atoms with van der Waals surface area (Å²) in [6.07, 6.45) is -20.9. The lowest BCUT2D eigenvalue weighted by Crippen LogP contribution is -2.40. The van der Waals surface area contributed by atoms with Gasteiger partial charge in [0, 0.05) is 5.78 Å². The lowest BCUT2D eigenvalue weighted by molar-refractivity contribution is -0.144. The van der Waals surface area contributed by atoms with Crippen molar-refractivity contribution in [3.05, 3.63) is 117 Å². The van der Waals surface area contributed by atoms with E-state index in [0.29, 0.717) is 24.3 Å². The maximum atomic E-state index is 14.2. The highest BCUT2D eigenvalue weighted by Gasteiger charge is 2.47. The highest BCUT2D eigenvalue weighted by molar-refractivity contribution is 7.74. The van der Waals surface area contributed by atoms with Gasteiger partial charge in [0.05, 0.1) is 22.3 Å². The molecule has 0 amide bonds. The smallest absolute Gasteiger partial charge is 0.323 e. The van der Waals surface area contributed by atoms with Gasteiger partial charge in [0.2, 0.25) is 0 Å². The second kappa shape index (κ2) is 15.1. The molecule has 54 heavy (non-hydrogen) atoms. The number of alkyl halides is 12. The molecule has 3 unspecified atom stereocenters. The van der Waals surface area contributed by atoms with Gasteiger partial charge >= 0.3 is 24.7 Å². The molecule has 4 aromatic rings. The lowest BCUT2D eigenvalue weighted by atomic mass is 10.1. The van der Waals surface area contributed by atoms with Crippen molar-refractivity contribution in [3.8, 4) is 0 Å². The number of aryl methyl sites for hydroxylation is 4. The van der Waals surface area contributed by atoms with Gasteiger partial charge in [-0.3, -0.25) is 0 Å². The van der Waals surface area contributed by atoms with Crippen LogP contribution in [0.4, 0.5) is 52.7 Å². The molecule has 1 nitrogen and oxygen atoms in total. The number of hydrogen-bond acceptors (Lipinski definition) is 1. The molecule has 15 heteroatoms. The van der Waals surface area contributed by atoms with Crippen LogP contribution >= 0.6 is 15.8 Å². The van der Waals surface area contributed by atoms with Gasteiger partial charge in [0.25, 0.3) is 0 Å². The molecule has 0 aliphatic heterocycles. The summed E-state index contributed by atoms with van der Waals surface area (Å²) in [5, 5.41) is 0.384. The fourth-order valence-corrected chi connectivity index (χ4v) is 14.2. The van der Waals surface area contributed by atoms with Gasteiger partial charge in [-0.2, -0.15) is 52.7 Å². The number of hydrogen-bond donors (Lipinski definition) is 1.